The van der Waals surface area contributed by atoms with Crippen LogP contribution >= 0.6 is 0 Å². The van der Waals surface area contributed by atoms with Crippen molar-refractivity contribution >= 4 is 43.6 Å². The van der Waals surface area contributed by atoms with Gasteiger partial charge in [0.05, 0.1) is 33.5 Å². The van der Waals surface area contributed by atoms with Crippen molar-refractivity contribution in [1.29, 1.82) is 0 Å². The molecule has 0 saturated heterocycles. The van der Waals surface area contributed by atoms with E-state index in [0.29, 0.717) is 5.82 Å². The highest BCUT2D eigenvalue weighted by Crippen LogP contribution is 2.43. The van der Waals surface area contributed by atoms with Crippen molar-refractivity contribution < 1.29 is 0 Å². The molecule has 0 amide bonds. The molecule has 15 aromatic carbocycles. The molecule has 98 heavy (non-hydrogen) atoms. The van der Waals surface area contributed by atoms with E-state index in [4.69, 9.17) is 9.97 Å². The van der Waals surface area contributed by atoms with Crippen molar-refractivity contribution in [3.8, 4) is 134 Å². The van der Waals surface area contributed by atoms with Crippen molar-refractivity contribution in [3.63, 3.8) is 0 Å². The molecule has 4 nitrogen and oxygen atoms in total. The van der Waals surface area contributed by atoms with E-state index in [-0.39, 0.29) is 0 Å². The van der Waals surface area contributed by atoms with Crippen LogP contribution in [0.15, 0.2) is 376 Å². The third-order valence-electron chi connectivity index (χ3n) is 19.4. The van der Waals surface area contributed by atoms with E-state index in [9.17, 15) is 0 Å². The van der Waals surface area contributed by atoms with E-state index >= 15 is 0 Å². The molecule has 0 aliphatic heterocycles. The number of hydrogen-bond acceptors (Lipinski definition) is 2. The topological polar surface area (TPSA) is 35.6 Å². The molecule has 0 N–H and O–H groups in total. The Morgan fingerprint density at radius 1 is 0.153 bits per heavy atom. The van der Waals surface area contributed by atoms with Crippen molar-refractivity contribution in [3.05, 3.63) is 376 Å². The molecule has 3 heterocycles. The van der Waals surface area contributed by atoms with E-state index in [2.05, 4.69) is 385 Å². The summed E-state index contributed by atoms with van der Waals surface area (Å²) in [7, 11) is 0. The predicted octanol–water partition coefficient (Wildman–Crippen LogP) is 25.0. The maximum atomic E-state index is 5.55. The fourth-order valence-electron chi connectivity index (χ4n) is 14.3. The van der Waals surface area contributed by atoms with Crippen LogP contribution in [0.2, 0.25) is 0 Å². The molecular formula is C94H62N4. The zero-order valence-corrected chi connectivity index (χ0v) is 53.6. The lowest BCUT2D eigenvalue weighted by Crippen LogP contribution is -2.02. The second-order valence-electron chi connectivity index (χ2n) is 25.3. The average molecular weight is 1250 g/mol. The number of benzene rings is 15. The van der Waals surface area contributed by atoms with E-state index in [1.807, 2.05) is 0 Å². The van der Waals surface area contributed by atoms with Crippen LogP contribution in [0.1, 0.15) is 0 Å². The summed E-state index contributed by atoms with van der Waals surface area (Å²) in [6.07, 6.45) is 0. The molecule has 0 aliphatic carbocycles. The normalized spacial score (nSPS) is 11.5. The fourth-order valence-corrected chi connectivity index (χ4v) is 14.3. The van der Waals surface area contributed by atoms with Gasteiger partial charge in [0.2, 0.25) is 0 Å². The van der Waals surface area contributed by atoms with Gasteiger partial charge in [-0.2, -0.15) is 0 Å². The molecule has 0 spiro atoms. The first-order valence-corrected chi connectivity index (χ1v) is 33.5. The lowest BCUT2D eigenvalue weighted by atomic mass is 9.97. The zero-order valence-electron chi connectivity index (χ0n) is 53.6. The maximum Gasteiger partial charge on any atom is 0.160 e. The molecule has 0 saturated carbocycles. The molecule has 0 aliphatic rings. The largest absolute Gasteiger partial charge is 0.309 e. The third kappa shape index (κ3) is 10.8. The van der Waals surface area contributed by atoms with Gasteiger partial charge in [-0.25, -0.2) is 9.97 Å². The number of nitrogens with zero attached hydrogens (tertiary/aromatic N) is 4. The van der Waals surface area contributed by atoms with Gasteiger partial charge in [-0.05, 0) is 162 Å². The third-order valence-corrected chi connectivity index (χ3v) is 19.4. The first kappa shape index (κ1) is 57.6. The van der Waals surface area contributed by atoms with Gasteiger partial charge in [0.25, 0.3) is 0 Å². The van der Waals surface area contributed by atoms with Crippen LogP contribution in [-0.2, 0) is 0 Å². The minimum absolute atomic E-state index is 0.625. The van der Waals surface area contributed by atoms with Gasteiger partial charge in [0.15, 0.2) is 5.82 Å². The van der Waals surface area contributed by atoms with E-state index < -0.39 is 0 Å². The molecule has 0 atom stereocenters. The molecule has 4 heteroatoms. The van der Waals surface area contributed by atoms with Crippen LogP contribution in [-0.4, -0.2) is 19.1 Å². The standard InChI is InChI=1S/C94H62N4/c1-7-19-63(20-8-1)67-31-39-71(40-32-67)77-47-51-90-84(57-77)85-58-78(72-41-33-68(34-42-72)64-21-9-2-10-22-64)48-52-91(85)97(90)82-55-81(94-95-88(75-27-15-5-16-28-75)62-89(96-94)76-29-17-6-18-30-76)56-83(61-82)98-92-53-49-79(73-43-35-69(36-44-73)65-23-11-3-12-24-65)59-86(92)87-60-80(50-54-93(87)98)74-45-37-70(38-46-74)66-25-13-4-14-26-66/h1-62H. The van der Waals surface area contributed by atoms with E-state index in [1.54, 1.807) is 0 Å². The lowest BCUT2D eigenvalue weighted by Gasteiger charge is -2.17. The Hall–Kier alpha value is -13.0. The SMILES string of the molecule is c1ccc(-c2ccc(-c3ccc4c(c3)c3cc(-c5ccc(-c6ccccc6)cc5)ccc3n4-c3cc(-c4nc(-c5ccccc5)cc(-c5ccccc5)n4)cc(-n4c5ccc(-c6ccc(-c7ccccc7)cc6)cc5c5cc(-c6ccc(-c7ccccc7)cc6)ccc54)c3)cc2)cc1. The number of rotatable bonds is 13. The van der Waals surface area contributed by atoms with Crippen LogP contribution in [0, 0.1) is 0 Å². The molecule has 458 valence electrons. The average Bonchev–Trinajstić information content (AvgIpc) is 1.56. The Balaban J connectivity index is 0.870. The summed E-state index contributed by atoms with van der Waals surface area (Å²) in [6.45, 7) is 0. The van der Waals surface area contributed by atoms with Gasteiger partial charge in [-0.3, -0.25) is 0 Å². The highest BCUT2D eigenvalue weighted by atomic mass is 15.0. The summed E-state index contributed by atoms with van der Waals surface area (Å²) in [5, 5.41) is 4.61. The monoisotopic (exact) mass is 1250 g/mol. The summed E-state index contributed by atoms with van der Waals surface area (Å²) < 4.78 is 4.92. The Labute approximate surface area is 569 Å². The second-order valence-corrected chi connectivity index (χ2v) is 25.3. The molecule has 18 aromatic rings. The van der Waals surface area contributed by atoms with Gasteiger partial charge in [0.1, 0.15) is 0 Å². The van der Waals surface area contributed by atoms with Gasteiger partial charge in [-0.1, -0.05) is 303 Å². The fraction of sp³-hybridized carbons (Fsp3) is 0. The van der Waals surface area contributed by atoms with Gasteiger partial charge in [-0.15, -0.1) is 0 Å². The van der Waals surface area contributed by atoms with E-state index in [0.717, 1.165) is 128 Å². The molecule has 3 aromatic heterocycles. The van der Waals surface area contributed by atoms with Crippen LogP contribution < -0.4 is 0 Å². The number of aromatic nitrogens is 4. The van der Waals surface area contributed by atoms with Crippen LogP contribution in [0.25, 0.3) is 178 Å². The lowest BCUT2D eigenvalue weighted by molar-refractivity contribution is 1.12. The summed E-state index contributed by atoms with van der Waals surface area (Å²) in [5.41, 5.74) is 29.6. The minimum atomic E-state index is 0.625. The zero-order chi connectivity index (χ0) is 64.9. The van der Waals surface area contributed by atoms with E-state index in [1.165, 1.54) is 44.5 Å². The van der Waals surface area contributed by atoms with Gasteiger partial charge >= 0.3 is 0 Å². The summed E-state index contributed by atoms with van der Waals surface area (Å²) in [6, 6.07) is 136. The summed E-state index contributed by atoms with van der Waals surface area (Å²) in [5.74, 6) is 0.625. The second kappa shape index (κ2) is 24.7. The summed E-state index contributed by atoms with van der Waals surface area (Å²) >= 11 is 0. The van der Waals surface area contributed by atoms with Gasteiger partial charge < -0.3 is 9.13 Å². The smallest absolute Gasteiger partial charge is 0.160 e. The number of fused-ring (bicyclic) bond motifs is 6. The molecule has 0 radical (unpaired) electrons. The first-order valence-electron chi connectivity index (χ1n) is 33.5. The molecule has 18 rings (SSSR count). The minimum Gasteiger partial charge on any atom is -0.309 e. The van der Waals surface area contributed by atoms with Crippen molar-refractivity contribution in [2.75, 3.05) is 0 Å². The maximum absolute atomic E-state index is 5.55. The predicted molar refractivity (Wildman–Crippen MR) is 411 cm³/mol. The van der Waals surface area contributed by atoms with Crippen molar-refractivity contribution in [2.45, 2.75) is 0 Å². The highest BCUT2D eigenvalue weighted by molar-refractivity contribution is 6.13. The van der Waals surface area contributed by atoms with Crippen molar-refractivity contribution in [2.24, 2.45) is 0 Å². The highest BCUT2D eigenvalue weighted by Gasteiger charge is 2.22. The molecule has 0 bridgehead atoms. The van der Waals surface area contributed by atoms with Crippen LogP contribution in [0.4, 0.5) is 0 Å². The molecule has 0 unspecified atom stereocenters. The number of hydrogen-bond donors (Lipinski definition) is 0. The Morgan fingerprint density at radius 2 is 0.357 bits per heavy atom. The quantitative estimate of drug-likeness (QED) is 0.115. The van der Waals surface area contributed by atoms with Gasteiger partial charge in [0, 0.05) is 49.6 Å². The first-order chi connectivity index (χ1) is 48.5. The Bertz CT molecular complexity index is 5300. The van der Waals surface area contributed by atoms with Crippen LogP contribution in [0.3, 0.4) is 0 Å². The van der Waals surface area contributed by atoms with Crippen molar-refractivity contribution in [1.82, 2.24) is 19.1 Å². The Morgan fingerprint density at radius 3 is 0.602 bits per heavy atom. The molecule has 0 fully saturated rings. The summed E-state index contributed by atoms with van der Waals surface area (Å²) in [4.78, 5) is 11.1. The molecular weight excluding hydrogens is 1190 g/mol. The Kier molecular flexibility index (Phi) is 14.5. The van der Waals surface area contributed by atoms with Crippen LogP contribution in [0.5, 0.6) is 0 Å².